The topological polar surface area (TPSA) is 112 Å². The lowest BCUT2D eigenvalue weighted by molar-refractivity contribution is -0.121. The fraction of sp³-hybridized carbons (Fsp3) is 0.143. The number of ether oxygens (including phenoxy) is 2. The first-order chi connectivity index (χ1) is 18.3. The van der Waals surface area contributed by atoms with Crippen molar-refractivity contribution in [2.45, 2.75) is 13.5 Å². The highest BCUT2D eigenvalue weighted by atomic mass is 127. The molecule has 3 aromatic rings. The van der Waals surface area contributed by atoms with E-state index in [9.17, 15) is 14.9 Å². The van der Waals surface area contributed by atoms with Crippen molar-refractivity contribution in [1.29, 1.82) is 5.26 Å². The highest BCUT2D eigenvalue weighted by molar-refractivity contribution is 14.1. The number of carbonyl (C=O) groups is 2. The number of amidine groups is 1. The molecule has 0 aliphatic carbocycles. The van der Waals surface area contributed by atoms with Gasteiger partial charge in [-0.25, -0.2) is 9.79 Å². The second-order valence-electron chi connectivity index (χ2n) is 8.04. The first-order valence-corrected chi connectivity index (χ1v) is 13.4. The van der Waals surface area contributed by atoms with Crippen LogP contribution in [0.5, 0.6) is 11.5 Å². The Balaban J connectivity index is 1.58. The van der Waals surface area contributed by atoms with Gasteiger partial charge < -0.3 is 14.6 Å². The number of likely N-dealkylation sites (N-methyl/N-ethyl adjacent to an activating group) is 1. The molecular weight excluding hydrogens is 617 g/mol. The molecule has 0 atom stereocenters. The average molecular weight is 639 g/mol. The number of carboxylic acid groups (broad SMARTS) is 1. The van der Waals surface area contributed by atoms with Crippen LogP contribution in [0.25, 0.3) is 6.08 Å². The maximum absolute atomic E-state index is 12.9. The number of halogens is 1. The Morgan fingerprint density at radius 2 is 1.92 bits per heavy atom. The molecule has 0 bridgehead atoms. The number of hydrogen-bond donors (Lipinski definition) is 1. The normalized spacial score (nSPS) is 15.1. The van der Waals surface area contributed by atoms with Crippen LogP contribution in [-0.2, 0) is 11.4 Å². The Morgan fingerprint density at radius 1 is 1.18 bits per heavy atom. The van der Waals surface area contributed by atoms with Gasteiger partial charge in [0.2, 0.25) is 0 Å². The van der Waals surface area contributed by atoms with Crippen molar-refractivity contribution in [3.05, 3.63) is 91.4 Å². The average Bonchev–Trinajstić information content (AvgIpc) is 3.16. The summed E-state index contributed by atoms with van der Waals surface area (Å²) in [6.07, 6.45) is 1.78. The molecule has 0 spiro atoms. The van der Waals surface area contributed by atoms with Gasteiger partial charge in [0.05, 0.1) is 38.0 Å². The second-order valence-corrected chi connectivity index (χ2v) is 10.2. The quantitative estimate of drug-likeness (QED) is 0.235. The Kier molecular flexibility index (Phi) is 8.70. The summed E-state index contributed by atoms with van der Waals surface area (Å²) in [4.78, 5) is 30.5. The SMILES string of the molecule is CCOc1cc(C=C2SC(=Nc3ccc(C(=O)O)cc3)N(C)C2=O)cc(I)c1OCc1ccccc1C#N. The molecule has 192 valence electrons. The lowest BCUT2D eigenvalue weighted by Crippen LogP contribution is -2.23. The van der Waals surface area contributed by atoms with Crippen molar-refractivity contribution in [3.8, 4) is 17.6 Å². The molecule has 1 heterocycles. The fourth-order valence-corrected chi connectivity index (χ4v) is 5.34. The van der Waals surface area contributed by atoms with Crippen LogP contribution in [0.1, 0.15) is 34.0 Å². The number of nitrogens with zero attached hydrogens (tertiary/aromatic N) is 3. The van der Waals surface area contributed by atoms with E-state index in [1.165, 1.54) is 28.8 Å². The van der Waals surface area contributed by atoms with Crippen molar-refractivity contribution < 1.29 is 24.2 Å². The number of carboxylic acids is 1. The van der Waals surface area contributed by atoms with Gasteiger partial charge in [0.1, 0.15) is 6.61 Å². The molecular formula is C28H22IN3O5S. The van der Waals surface area contributed by atoms with Crippen molar-refractivity contribution in [2.75, 3.05) is 13.7 Å². The number of aliphatic imine (C=N–C) groups is 1. The minimum Gasteiger partial charge on any atom is -0.490 e. The minimum atomic E-state index is -1.01. The van der Waals surface area contributed by atoms with Crippen LogP contribution < -0.4 is 9.47 Å². The maximum atomic E-state index is 12.9. The van der Waals surface area contributed by atoms with Crippen LogP contribution in [0.4, 0.5) is 5.69 Å². The van der Waals surface area contributed by atoms with Crippen LogP contribution in [0, 0.1) is 14.9 Å². The predicted molar refractivity (Wildman–Crippen MR) is 155 cm³/mol. The zero-order valence-corrected chi connectivity index (χ0v) is 23.4. The molecule has 0 saturated carbocycles. The molecule has 0 unspecified atom stereocenters. The zero-order chi connectivity index (χ0) is 27.2. The van der Waals surface area contributed by atoms with Gasteiger partial charge in [0.25, 0.3) is 5.91 Å². The number of carbonyl (C=O) groups excluding carboxylic acids is 1. The minimum absolute atomic E-state index is 0.166. The predicted octanol–water partition coefficient (Wildman–Crippen LogP) is 6.07. The van der Waals surface area contributed by atoms with Gasteiger partial charge in [0.15, 0.2) is 16.7 Å². The lowest BCUT2D eigenvalue weighted by atomic mass is 10.1. The van der Waals surface area contributed by atoms with E-state index in [-0.39, 0.29) is 18.1 Å². The molecule has 1 fully saturated rings. The van der Waals surface area contributed by atoms with E-state index in [1.807, 2.05) is 37.3 Å². The van der Waals surface area contributed by atoms with E-state index in [2.05, 4.69) is 33.7 Å². The van der Waals surface area contributed by atoms with E-state index in [4.69, 9.17) is 14.6 Å². The highest BCUT2D eigenvalue weighted by Gasteiger charge is 2.30. The molecule has 1 aliphatic heterocycles. The summed E-state index contributed by atoms with van der Waals surface area (Å²) in [5.41, 5.74) is 2.81. The van der Waals surface area contributed by atoms with Crippen molar-refractivity contribution in [3.63, 3.8) is 0 Å². The first kappa shape index (κ1) is 27.2. The van der Waals surface area contributed by atoms with Crippen LogP contribution in [0.3, 0.4) is 0 Å². The smallest absolute Gasteiger partial charge is 0.335 e. The third-order valence-corrected chi connectivity index (χ3v) is 7.34. The van der Waals surface area contributed by atoms with E-state index in [1.54, 1.807) is 31.3 Å². The Hall–Kier alpha value is -3.82. The van der Waals surface area contributed by atoms with E-state index < -0.39 is 5.97 Å². The molecule has 3 aromatic carbocycles. The van der Waals surface area contributed by atoms with Gasteiger partial charge in [-0.2, -0.15) is 5.26 Å². The monoisotopic (exact) mass is 639 g/mol. The number of rotatable bonds is 8. The van der Waals surface area contributed by atoms with Crippen molar-refractivity contribution in [2.24, 2.45) is 4.99 Å². The Labute approximate surface area is 237 Å². The summed E-state index contributed by atoms with van der Waals surface area (Å²) in [5.74, 6) is -0.104. The molecule has 4 rings (SSSR count). The number of aromatic carboxylic acids is 1. The number of hydrogen-bond acceptors (Lipinski definition) is 7. The molecule has 1 saturated heterocycles. The fourth-order valence-electron chi connectivity index (χ4n) is 3.57. The summed E-state index contributed by atoms with van der Waals surface area (Å²) in [7, 11) is 1.64. The van der Waals surface area contributed by atoms with Gasteiger partial charge in [0, 0.05) is 12.6 Å². The summed E-state index contributed by atoms with van der Waals surface area (Å²) < 4.78 is 12.7. The Bertz CT molecular complexity index is 1500. The third kappa shape index (κ3) is 6.17. The molecule has 10 heteroatoms. The van der Waals surface area contributed by atoms with E-state index in [0.29, 0.717) is 39.4 Å². The molecule has 1 N–H and O–H groups in total. The number of amides is 1. The number of benzene rings is 3. The molecule has 8 nitrogen and oxygen atoms in total. The second kappa shape index (κ2) is 12.1. The largest absolute Gasteiger partial charge is 0.490 e. The molecule has 0 aromatic heterocycles. The molecule has 1 aliphatic rings. The van der Waals surface area contributed by atoms with Gasteiger partial charge in [-0.3, -0.25) is 9.69 Å². The van der Waals surface area contributed by atoms with Crippen LogP contribution in [0.2, 0.25) is 0 Å². The van der Waals surface area contributed by atoms with E-state index >= 15 is 0 Å². The number of thioether (sulfide) groups is 1. The summed E-state index contributed by atoms with van der Waals surface area (Å²) >= 11 is 3.40. The molecule has 0 radical (unpaired) electrons. The van der Waals surface area contributed by atoms with E-state index in [0.717, 1.165) is 14.7 Å². The van der Waals surface area contributed by atoms with Gasteiger partial charge in [-0.05, 0) is 95.4 Å². The number of nitriles is 1. The van der Waals surface area contributed by atoms with Crippen molar-refractivity contribution in [1.82, 2.24) is 4.90 Å². The Morgan fingerprint density at radius 3 is 2.61 bits per heavy atom. The van der Waals surface area contributed by atoms with Crippen LogP contribution >= 0.6 is 34.4 Å². The standard InChI is InChI=1S/C28H22IN3O5S/c1-3-36-23-13-17(12-22(29)25(23)37-16-20-7-5-4-6-19(20)15-30)14-24-26(33)32(2)28(38-24)31-21-10-8-18(9-11-21)27(34)35/h4-14H,3,16H2,1-2H3,(H,34,35). The highest BCUT2D eigenvalue weighted by Crippen LogP contribution is 2.38. The van der Waals surface area contributed by atoms with Gasteiger partial charge in [-0.1, -0.05) is 18.2 Å². The molecule has 38 heavy (non-hydrogen) atoms. The van der Waals surface area contributed by atoms with Crippen LogP contribution in [-0.4, -0.2) is 40.7 Å². The summed E-state index contributed by atoms with van der Waals surface area (Å²) in [5, 5.41) is 18.9. The van der Waals surface area contributed by atoms with Gasteiger partial charge >= 0.3 is 5.97 Å². The zero-order valence-electron chi connectivity index (χ0n) is 20.5. The van der Waals surface area contributed by atoms with Crippen LogP contribution in [0.15, 0.2) is 70.6 Å². The maximum Gasteiger partial charge on any atom is 0.335 e. The van der Waals surface area contributed by atoms with Gasteiger partial charge in [-0.15, -0.1) is 0 Å². The van der Waals surface area contributed by atoms with Crippen molar-refractivity contribution >= 4 is 63.2 Å². The summed E-state index contributed by atoms with van der Waals surface area (Å²) in [6.45, 7) is 2.52. The third-order valence-electron chi connectivity index (χ3n) is 5.48. The first-order valence-electron chi connectivity index (χ1n) is 11.5. The molecule has 1 amide bonds. The lowest BCUT2D eigenvalue weighted by Gasteiger charge is -2.15. The summed E-state index contributed by atoms with van der Waals surface area (Å²) in [6, 6.07) is 19.3.